The van der Waals surface area contributed by atoms with Crippen LogP contribution >= 0.6 is 0 Å². The van der Waals surface area contributed by atoms with Gasteiger partial charge in [-0.15, -0.1) is 0 Å². The Hall–Kier alpha value is -1.65. The Bertz CT molecular complexity index is 283. The van der Waals surface area contributed by atoms with Crippen molar-refractivity contribution in [2.45, 2.75) is 32.7 Å². The second-order valence-corrected chi connectivity index (χ2v) is 3.14. The molecule has 0 aromatic carbocycles. The van der Waals surface area contributed by atoms with E-state index in [-0.39, 0.29) is 18.6 Å². The molecule has 1 atom stereocenters. The fraction of sp³-hybridized carbons (Fsp3) is 0.500. The van der Waals surface area contributed by atoms with E-state index in [1.54, 1.807) is 6.92 Å². The van der Waals surface area contributed by atoms with E-state index in [2.05, 4.69) is 5.32 Å². The third-order valence-corrected chi connectivity index (χ3v) is 1.72. The normalized spacial score (nSPS) is 12.4. The number of amides is 1. The van der Waals surface area contributed by atoms with Gasteiger partial charge in [0.15, 0.2) is 0 Å². The van der Waals surface area contributed by atoms with E-state index in [9.17, 15) is 14.4 Å². The Morgan fingerprint density at radius 2 is 2.00 bits per heavy atom. The van der Waals surface area contributed by atoms with Crippen LogP contribution in [0.1, 0.15) is 26.7 Å². The minimum absolute atomic E-state index is 0.0958. The minimum atomic E-state index is -1.13. The van der Waals surface area contributed by atoms with Crippen LogP contribution in [0.15, 0.2) is 12.2 Å². The first-order valence-electron chi connectivity index (χ1n) is 4.62. The van der Waals surface area contributed by atoms with Crippen molar-refractivity contribution in [1.29, 1.82) is 0 Å². The summed E-state index contributed by atoms with van der Waals surface area (Å²) in [6, 6.07) is -1.00. The number of rotatable bonds is 6. The van der Waals surface area contributed by atoms with Crippen molar-refractivity contribution < 1.29 is 19.5 Å². The minimum Gasteiger partial charge on any atom is -0.480 e. The molecule has 0 rings (SSSR count). The number of nitrogens with one attached hydrogen (secondary N) is 1. The third-order valence-electron chi connectivity index (χ3n) is 1.72. The van der Waals surface area contributed by atoms with Gasteiger partial charge in [0.2, 0.25) is 5.91 Å². The molecule has 0 bridgehead atoms. The van der Waals surface area contributed by atoms with Crippen molar-refractivity contribution >= 4 is 17.7 Å². The summed E-state index contributed by atoms with van der Waals surface area (Å²) < 4.78 is 0. The molecule has 15 heavy (non-hydrogen) atoms. The fourth-order valence-corrected chi connectivity index (χ4v) is 0.976. The molecule has 0 saturated carbocycles. The second-order valence-electron chi connectivity index (χ2n) is 3.14. The number of aliphatic carboxylic acids is 1. The Balaban J connectivity index is 4.22. The second kappa shape index (κ2) is 6.75. The Morgan fingerprint density at radius 1 is 1.40 bits per heavy atom. The zero-order valence-electron chi connectivity index (χ0n) is 8.82. The topological polar surface area (TPSA) is 83.5 Å². The van der Waals surface area contributed by atoms with E-state index >= 15 is 0 Å². The number of carboxylic acids is 1. The van der Waals surface area contributed by atoms with Gasteiger partial charge < -0.3 is 15.2 Å². The molecule has 0 heterocycles. The Labute approximate surface area is 88.2 Å². The highest BCUT2D eigenvalue weighted by atomic mass is 16.4. The van der Waals surface area contributed by atoms with E-state index in [4.69, 9.17) is 5.11 Å². The zero-order valence-corrected chi connectivity index (χ0v) is 8.82. The lowest BCUT2D eigenvalue weighted by Crippen LogP contribution is -2.40. The lowest BCUT2D eigenvalue weighted by Gasteiger charge is -2.11. The molecule has 5 nitrogen and oxygen atoms in total. The third kappa shape index (κ3) is 6.42. The number of carbonyl (C=O) groups is 3. The molecule has 2 N–H and O–H groups in total. The smallest absolute Gasteiger partial charge is 0.326 e. The van der Waals surface area contributed by atoms with Gasteiger partial charge in [-0.2, -0.15) is 0 Å². The van der Waals surface area contributed by atoms with Crippen LogP contribution in [-0.4, -0.2) is 28.8 Å². The van der Waals surface area contributed by atoms with Crippen molar-refractivity contribution in [3.8, 4) is 0 Å². The molecule has 0 radical (unpaired) electrons. The molecule has 0 aromatic heterocycles. The number of allylic oxidation sites excluding steroid dienone is 1. The quantitative estimate of drug-likeness (QED) is 0.500. The van der Waals surface area contributed by atoms with Gasteiger partial charge in [0, 0.05) is 6.42 Å². The van der Waals surface area contributed by atoms with E-state index in [0.29, 0.717) is 0 Å². The van der Waals surface area contributed by atoms with Crippen LogP contribution in [0.3, 0.4) is 0 Å². The molecular weight excluding hydrogens is 201 g/mol. The maximum Gasteiger partial charge on any atom is 0.326 e. The standard InChI is InChI=1S/C10H15NO4/c1-3-4-9(13)11-8(10(14)15)6-5-7(2)12/h3-4,8H,5-6H2,1-2H3,(H,11,13)(H,14,15)/b4-3+/t8-/m0/s1/i1+1,3+1,4+1. The molecule has 0 saturated heterocycles. The van der Waals surface area contributed by atoms with Crippen molar-refractivity contribution in [3.05, 3.63) is 12.2 Å². The fourth-order valence-electron chi connectivity index (χ4n) is 0.976. The average molecular weight is 216 g/mol. The van der Waals surface area contributed by atoms with Gasteiger partial charge in [-0.05, 0) is 26.3 Å². The molecule has 0 unspecified atom stereocenters. The summed E-state index contributed by atoms with van der Waals surface area (Å²) in [6.07, 6.45) is 3.02. The number of Topliss-reactive ketones (excluding diaryl/α,β-unsaturated/α-hetero) is 1. The summed E-state index contributed by atoms with van der Waals surface area (Å²) >= 11 is 0. The van der Waals surface area contributed by atoms with Crippen molar-refractivity contribution in [2.24, 2.45) is 0 Å². The van der Waals surface area contributed by atoms with Crippen molar-refractivity contribution in [1.82, 2.24) is 5.32 Å². The van der Waals surface area contributed by atoms with E-state index in [1.165, 1.54) is 19.1 Å². The molecule has 0 aliphatic carbocycles. The van der Waals surface area contributed by atoms with Crippen LogP contribution < -0.4 is 5.32 Å². The number of carboxylic acid groups (broad SMARTS) is 1. The monoisotopic (exact) mass is 216 g/mol. The highest BCUT2D eigenvalue weighted by Gasteiger charge is 2.18. The first kappa shape index (κ1) is 13.4. The molecule has 1 amide bonds. The molecule has 0 spiro atoms. The zero-order chi connectivity index (χ0) is 11.8. The highest BCUT2D eigenvalue weighted by Crippen LogP contribution is 1.98. The molecule has 0 aromatic rings. The summed E-state index contributed by atoms with van der Waals surface area (Å²) in [7, 11) is 0. The summed E-state index contributed by atoms with van der Waals surface area (Å²) in [5.41, 5.74) is 0. The van der Waals surface area contributed by atoms with Crippen molar-refractivity contribution in [3.63, 3.8) is 0 Å². The summed E-state index contributed by atoms with van der Waals surface area (Å²) in [5.74, 6) is -1.69. The first-order valence-corrected chi connectivity index (χ1v) is 4.62. The van der Waals surface area contributed by atoms with E-state index in [0.717, 1.165) is 0 Å². The van der Waals surface area contributed by atoms with Crippen LogP contribution in [-0.2, 0) is 14.4 Å². The molecule has 0 aliphatic rings. The van der Waals surface area contributed by atoms with Gasteiger partial charge in [-0.1, -0.05) is 6.08 Å². The van der Waals surface area contributed by atoms with Crippen LogP contribution in [0, 0.1) is 0 Å². The number of hydrogen-bond acceptors (Lipinski definition) is 3. The molecule has 0 fully saturated rings. The summed E-state index contributed by atoms with van der Waals surface area (Å²) in [6.45, 7) is 3.04. The average Bonchev–Trinajstić information content (AvgIpc) is 2.11. The van der Waals surface area contributed by atoms with Gasteiger partial charge >= 0.3 is 5.97 Å². The number of ketones is 1. The van der Waals surface area contributed by atoms with Crippen molar-refractivity contribution in [2.75, 3.05) is 0 Å². The van der Waals surface area contributed by atoms with Gasteiger partial charge in [-0.25, -0.2) is 4.79 Å². The first-order chi connectivity index (χ1) is 6.97. The van der Waals surface area contributed by atoms with Crippen LogP contribution in [0.2, 0.25) is 0 Å². The predicted molar refractivity (Wildman–Crippen MR) is 54.3 cm³/mol. The van der Waals surface area contributed by atoms with Crippen LogP contribution in [0.25, 0.3) is 0 Å². The molecule has 0 aliphatic heterocycles. The highest BCUT2D eigenvalue weighted by molar-refractivity contribution is 5.91. The summed E-state index contributed by atoms with van der Waals surface area (Å²) in [5, 5.41) is 11.0. The Kier molecular flexibility index (Phi) is 6.01. The lowest BCUT2D eigenvalue weighted by molar-refractivity contribution is -0.141. The van der Waals surface area contributed by atoms with Gasteiger partial charge in [0.05, 0.1) is 0 Å². The Morgan fingerprint density at radius 3 is 2.40 bits per heavy atom. The molecular formula is C10H15NO4. The number of hydrogen-bond donors (Lipinski definition) is 2. The predicted octanol–water partition coefficient (Wildman–Crippen LogP) is 0.501. The molecule has 84 valence electrons. The maximum absolute atomic E-state index is 11.1. The lowest BCUT2D eigenvalue weighted by atomic mass is 10.1. The van der Waals surface area contributed by atoms with E-state index < -0.39 is 17.9 Å². The summed E-state index contributed by atoms with van der Waals surface area (Å²) in [4.78, 5) is 32.4. The van der Waals surface area contributed by atoms with Gasteiger partial charge in [0.25, 0.3) is 0 Å². The van der Waals surface area contributed by atoms with Crippen LogP contribution in [0.4, 0.5) is 0 Å². The largest absolute Gasteiger partial charge is 0.480 e. The number of carbonyl (C=O) groups excluding carboxylic acids is 2. The SMILES string of the molecule is CC(=O)CC[C@H](NC(=O)/[13CH]=[13CH]/[13CH3])C(=O)O. The maximum atomic E-state index is 11.1. The van der Waals surface area contributed by atoms with Gasteiger partial charge in [-0.3, -0.25) is 4.79 Å². The van der Waals surface area contributed by atoms with Gasteiger partial charge in [0.1, 0.15) is 11.8 Å². The van der Waals surface area contributed by atoms with E-state index in [1.807, 2.05) is 0 Å². The molecule has 5 heteroatoms. The van der Waals surface area contributed by atoms with Crippen LogP contribution in [0.5, 0.6) is 0 Å².